The molecule has 104 valence electrons. The van der Waals surface area contributed by atoms with Crippen LogP contribution in [-0.4, -0.2) is 33.1 Å². The summed E-state index contributed by atoms with van der Waals surface area (Å²) in [6.07, 6.45) is 1.51. The van der Waals surface area contributed by atoms with Gasteiger partial charge in [-0.25, -0.2) is 0 Å². The summed E-state index contributed by atoms with van der Waals surface area (Å²) in [5.41, 5.74) is -0.763. The monoisotopic (exact) mass is 288 g/mol. The summed E-state index contributed by atoms with van der Waals surface area (Å²) in [5, 5.41) is 13.1. The van der Waals surface area contributed by atoms with Crippen molar-refractivity contribution in [2.45, 2.75) is 13.0 Å². The van der Waals surface area contributed by atoms with Crippen LogP contribution >= 0.6 is 0 Å². The number of amides is 1. The zero-order valence-electron chi connectivity index (χ0n) is 10.4. The summed E-state index contributed by atoms with van der Waals surface area (Å²) >= 11 is 0. The molecule has 0 saturated heterocycles. The molecule has 0 bridgehead atoms. The predicted molar refractivity (Wildman–Crippen MR) is 68.9 cm³/mol. The van der Waals surface area contributed by atoms with E-state index in [0.29, 0.717) is 0 Å². The molecule has 0 saturated carbocycles. The molecule has 1 rings (SSSR count). The van der Waals surface area contributed by atoms with Crippen LogP contribution in [0.3, 0.4) is 0 Å². The van der Waals surface area contributed by atoms with Crippen LogP contribution in [0.1, 0.15) is 17.3 Å². The molecule has 0 spiro atoms. The highest BCUT2D eigenvalue weighted by atomic mass is 32.2. The van der Waals surface area contributed by atoms with Crippen molar-refractivity contribution in [1.29, 1.82) is 0 Å². The second-order valence-electron chi connectivity index (χ2n) is 4.04. The molecule has 0 aliphatic heterocycles. The van der Waals surface area contributed by atoms with Crippen LogP contribution in [0.25, 0.3) is 0 Å². The summed E-state index contributed by atoms with van der Waals surface area (Å²) in [7, 11) is -1.07. The van der Waals surface area contributed by atoms with Crippen LogP contribution in [0.4, 0.5) is 10.1 Å². The van der Waals surface area contributed by atoms with Crippen molar-refractivity contribution in [2.75, 3.05) is 12.0 Å². The Kier molecular flexibility index (Phi) is 5.11. The number of halogens is 1. The first-order valence-electron chi connectivity index (χ1n) is 5.36. The Morgan fingerprint density at radius 3 is 2.74 bits per heavy atom. The first kappa shape index (κ1) is 15.2. The van der Waals surface area contributed by atoms with Crippen LogP contribution in [0.2, 0.25) is 0 Å². The van der Waals surface area contributed by atoms with Crippen molar-refractivity contribution in [3.63, 3.8) is 0 Å². The number of nitrogens with one attached hydrogen (secondary N) is 1. The van der Waals surface area contributed by atoms with Gasteiger partial charge in [0.1, 0.15) is 0 Å². The molecule has 6 nitrogen and oxygen atoms in total. The molecule has 19 heavy (non-hydrogen) atoms. The van der Waals surface area contributed by atoms with Crippen molar-refractivity contribution in [3.05, 3.63) is 39.7 Å². The molecule has 1 N–H and O–H groups in total. The Morgan fingerprint density at radius 2 is 2.21 bits per heavy atom. The average molecular weight is 288 g/mol. The number of carbonyl (C=O) groups is 1. The Morgan fingerprint density at radius 1 is 1.58 bits per heavy atom. The standard InChI is InChI=1S/C11H13FN2O4S/c1-7(6-19(2)18)13-11(15)8-3-4-9(12)10(5-8)14(16)17/h3-5,7H,6H2,1-2H3,(H,13,15). The maximum absolute atomic E-state index is 13.1. The van der Waals surface area contributed by atoms with E-state index in [1.807, 2.05) is 0 Å². The number of hydrogen-bond acceptors (Lipinski definition) is 4. The maximum Gasteiger partial charge on any atom is 0.305 e. The zero-order chi connectivity index (χ0) is 14.6. The van der Waals surface area contributed by atoms with Gasteiger partial charge >= 0.3 is 5.69 Å². The number of rotatable bonds is 5. The Bertz CT molecular complexity index is 535. The molecular weight excluding hydrogens is 275 g/mol. The van der Waals surface area contributed by atoms with Gasteiger partial charge in [-0.2, -0.15) is 4.39 Å². The van der Waals surface area contributed by atoms with Crippen molar-refractivity contribution < 1.29 is 18.3 Å². The lowest BCUT2D eigenvalue weighted by atomic mass is 10.1. The largest absolute Gasteiger partial charge is 0.349 e. The maximum atomic E-state index is 13.1. The Hall–Kier alpha value is -1.83. The quantitative estimate of drug-likeness (QED) is 0.652. The summed E-state index contributed by atoms with van der Waals surface area (Å²) in [5.74, 6) is -1.29. The van der Waals surface area contributed by atoms with E-state index in [1.165, 1.54) is 6.26 Å². The van der Waals surface area contributed by atoms with E-state index in [9.17, 15) is 23.5 Å². The molecule has 0 aliphatic carbocycles. The van der Waals surface area contributed by atoms with Gasteiger partial charge in [0.15, 0.2) is 0 Å². The van der Waals surface area contributed by atoms with E-state index in [-0.39, 0.29) is 17.4 Å². The third kappa shape index (κ3) is 4.40. The highest BCUT2D eigenvalue weighted by molar-refractivity contribution is 7.84. The lowest BCUT2D eigenvalue weighted by molar-refractivity contribution is -0.387. The summed E-state index contributed by atoms with van der Waals surface area (Å²) in [6, 6.07) is 2.56. The predicted octanol–water partition coefficient (Wildman–Crippen LogP) is 1.23. The molecule has 0 aliphatic rings. The minimum Gasteiger partial charge on any atom is -0.349 e. The summed E-state index contributed by atoms with van der Waals surface area (Å²) in [4.78, 5) is 21.4. The average Bonchev–Trinajstić information content (AvgIpc) is 2.27. The number of nitrogens with zero attached hydrogens (tertiary/aromatic N) is 1. The van der Waals surface area contributed by atoms with Gasteiger partial charge in [-0.1, -0.05) is 0 Å². The van der Waals surface area contributed by atoms with Crippen LogP contribution in [-0.2, 0) is 10.8 Å². The van der Waals surface area contributed by atoms with Gasteiger partial charge < -0.3 is 5.32 Å². The molecule has 2 atom stereocenters. The number of hydrogen-bond donors (Lipinski definition) is 1. The van der Waals surface area contributed by atoms with E-state index in [4.69, 9.17) is 0 Å². The van der Waals surface area contributed by atoms with Crippen LogP contribution in [0.15, 0.2) is 18.2 Å². The highest BCUT2D eigenvalue weighted by Crippen LogP contribution is 2.18. The summed E-state index contributed by atoms with van der Waals surface area (Å²) < 4.78 is 24.1. The van der Waals surface area contributed by atoms with Gasteiger partial charge in [-0.05, 0) is 19.1 Å². The SMILES string of the molecule is CC(CS(C)=O)NC(=O)c1ccc(F)c([N+](=O)[O-])c1. The lowest BCUT2D eigenvalue weighted by Gasteiger charge is -2.12. The molecule has 0 aromatic heterocycles. The first-order chi connectivity index (χ1) is 8.81. The van der Waals surface area contributed by atoms with Crippen molar-refractivity contribution in [2.24, 2.45) is 0 Å². The second kappa shape index (κ2) is 6.37. The molecule has 1 amide bonds. The number of carbonyl (C=O) groups excluding carboxylic acids is 1. The molecule has 8 heteroatoms. The fourth-order valence-corrected chi connectivity index (χ4v) is 2.28. The number of nitro benzene ring substituents is 1. The minimum absolute atomic E-state index is 0.0122. The van der Waals surface area contributed by atoms with Gasteiger partial charge in [0.05, 0.1) is 4.92 Å². The number of nitro groups is 1. The molecule has 0 heterocycles. The Labute approximate surface area is 111 Å². The molecule has 0 fully saturated rings. The van der Waals surface area contributed by atoms with Crippen molar-refractivity contribution >= 4 is 22.4 Å². The smallest absolute Gasteiger partial charge is 0.305 e. The third-order valence-electron chi connectivity index (χ3n) is 2.27. The lowest BCUT2D eigenvalue weighted by Crippen LogP contribution is -2.36. The topological polar surface area (TPSA) is 89.3 Å². The molecular formula is C11H13FN2O4S. The van der Waals surface area contributed by atoms with E-state index >= 15 is 0 Å². The van der Waals surface area contributed by atoms with E-state index in [0.717, 1.165) is 18.2 Å². The third-order valence-corrected chi connectivity index (χ3v) is 3.24. The molecule has 0 radical (unpaired) electrons. The highest BCUT2D eigenvalue weighted by Gasteiger charge is 2.18. The fourth-order valence-electron chi connectivity index (χ4n) is 1.49. The molecule has 1 aromatic rings. The second-order valence-corrected chi connectivity index (χ2v) is 5.52. The van der Waals surface area contributed by atoms with Gasteiger partial charge in [0, 0.05) is 40.5 Å². The molecule has 2 unspecified atom stereocenters. The minimum atomic E-state index is -1.07. The first-order valence-corrected chi connectivity index (χ1v) is 7.08. The van der Waals surface area contributed by atoms with Crippen molar-refractivity contribution in [3.8, 4) is 0 Å². The fraction of sp³-hybridized carbons (Fsp3) is 0.364. The van der Waals surface area contributed by atoms with E-state index in [2.05, 4.69) is 5.32 Å². The van der Waals surface area contributed by atoms with Gasteiger partial charge in [-0.3, -0.25) is 19.1 Å². The van der Waals surface area contributed by atoms with Gasteiger partial charge in [0.25, 0.3) is 5.91 Å². The molecule has 1 aromatic carbocycles. The van der Waals surface area contributed by atoms with Crippen molar-refractivity contribution in [1.82, 2.24) is 5.32 Å². The normalized spacial score (nSPS) is 13.6. The van der Waals surface area contributed by atoms with E-state index in [1.54, 1.807) is 6.92 Å². The van der Waals surface area contributed by atoms with E-state index < -0.39 is 33.1 Å². The number of benzene rings is 1. The van der Waals surface area contributed by atoms with Crippen LogP contribution < -0.4 is 5.32 Å². The Balaban J connectivity index is 2.86. The summed E-state index contributed by atoms with van der Waals surface area (Å²) in [6.45, 7) is 1.66. The zero-order valence-corrected chi connectivity index (χ0v) is 11.2. The van der Waals surface area contributed by atoms with Crippen LogP contribution in [0.5, 0.6) is 0 Å². The van der Waals surface area contributed by atoms with Crippen LogP contribution in [0, 0.1) is 15.9 Å². The van der Waals surface area contributed by atoms with Gasteiger partial charge in [-0.15, -0.1) is 0 Å². The van der Waals surface area contributed by atoms with Gasteiger partial charge in [0.2, 0.25) is 5.82 Å².